The van der Waals surface area contributed by atoms with E-state index in [1.807, 2.05) is 35.7 Å². The van der Waals surface area contributed by atoms with Crippen molar-refractivity contribution in [1.82, 2.24) is 10.3 Å². The molecule has 0 saturated carbocycles. The Morgan fingerprint density at radius 1 is 0.903 bits per heavy atom. The van der Waals surface area contributed by atoms with E-state index in [-0.39, 0.29) is 17.6 Å². The lowest BCUT2D eigenvalue weighted by molar-refractivity contribution is -0.116. The molecule has 4 aromatic rings. The first-order valence-corrected chi connectivity index (χ1v) is 10.8. The summed E-state index contributed by atoms with van der Waals surface area (Å²) >= 11 is 1.39. The summed E-state index contributed by atoms with van der Waals surface area (Å²) in [7, 11) is 0. The van der Waals surface area contributed by atoms with Crippen molar-refractivity contribution in [3.63, 3.8) is 0 Å². The van der Waals surface area contributed by atoms with Crippen LogP contribution in [0.1, 0.15) is 23.4 Å². The van der Waals surface area contributed by atoms with Crippen LogP contribution in [0, 0.1) is 0 Å². The second-order valence-electron chi connectivity index (χ2n) is 6.87. The minimum absolute atomic E-state index is 0.132. The van der Waals surface area contributed by atoms with E-state index in [2.05, 4.69) is 39.9 Å². The topological polar surface area (TPSA) is 84.2 Å². The van der Waals surface area contributed by atoms with Crippen LogP contribution in [0.15, 0.2) is 82.8 Å². The molecule has 2 amide bonds. The van der Waals surface area contributed by atoms with Crippen LogP contribution in [-0.2, 0) is 4.79 Å². The molecule has 0 bridgehead atoms. The first-order chi connectivity index (χ1) is 15.2. The van der Waals surface area contributed by atoms with Gasteiger partial charge in [-0.25, -0.2) is 4.98 Å². The van der Waals surface area contributed by atoms with Crippen LogP contribution in [-0.4, -0.2) is 23.3 Å². The van der Waals surface area contributed by atoms with Crippen molar-refractivity contribution in [3.8, 4) is 22.4 Å². The molecular weight excluding hydrogens is 410 g/mol. The average Bonchev–Trinajstić information content (AvgIpc) is 3.50. The molecule has 156 valence electrons. The third kappa shape index (κ3) is 5.46. The molecule has 0 aliphatic heterocycles. The van der Waals surface area contributed by atoms with Crippen LogP contribution in [0.25, 0.3) is 22.4 Å². The summed E-state index contributed by atoms with van der Waals surface area (Å²) in [5, 5.41) is 8.03. The molecule has 2 aromatic heterocycles. The number of carbonyl (C=O) groups excluding carboxylic acids is 2. The van der Waals surface area contributed by atoms with Gasteiger partial charge in [-0.3, -0.25) is 9.59 Å². The SMILES string of the molecule is O=C(CCCNC(=O)c1ccco1)Nc1nc(-c2ccc(-c3ccccc3)cc2)cs1. The number of benzene rings is 2. The van der Waals surface area contributed by atoms with Crippen molar-refractivity contribution < 1.29 is 14.0 Å². The van der Waals surface area contributed by atoms with Gasteiger partial charge in [0.25, 0.3) is 5.91 Å². The molecule has 0 fully saturated rings. The molecular formula is C24H21N3O3S. The molecule has 0 spiro atoms. The van der Waals surface area contributed by atoms with Gasteiger partial charge in [-0.15, -0.1) is 11.3 Å². The maximum absolute atomic E-state index is 12.2. The first-order valence-electron chi connectivity index (χ1n) is 9.92. The lowest BCUT2D eigenvalue weighted by Gasteiger charge is -2.04. The molecule has 2 heterocycles. The van der Waals surface area contributed by atoms with Crippen LogP contribution >= 0.6 is 11.3 Å². The number of carbonyl (C=O) groups is 2. The molecule has 0 radical (unpaired) electrons. The van der Waals surface area contributed by atoms with Gasteiger partial charge in [0.1, 0.15) is 0 Å². The van der Waals surface area contributed by atoms with E-state index in [0.29, 0.717) is 24.5 Å². The van der Waals surface area contributed by atoms with Crippen LogP contribution in [0.4, 0.5) is 5.13 Å². The summed E-state index contributed by atoms with van der Waals surface area (Å²) in [6, 6.07) is 21.6. The monoisotopic (exact) mass is 431 g/mol. The number of furan rings is 1. The number of aromatic nitrogens is 1. The number of rotatable bonds is 8. The highest BCUT2D eigenvalue weighted by Gasteiger charge is 2.10. The Kier molecular flexibility index (Phi) is 6.54. The molecule has 4 rings (SSSR count). The quantitative estimate of drug-likeness (QED) is 0.375. The second kappa shape index (κ2) is 9.86. The summed E-state index contributed by atoms with van der Waals surface area (Å²) in [6.07, 6.45) is 2.26. The van der Waals surface area contributed by atoms with Crippen LogP contribution in [0.3, 0.4) is 0 Å². The van der Waals surface area contributed by atoms with E-state index in [1.165, 1.54) is 23.2 Å². The standard InChI is InChI=1S/C24H21N3O3S/c28-22(9-4-14-25-23(29)21-8-5-15-30-21)27-24-26-20(16-31-24)19-12-10-18(11-13-19)17-6-2-1-3-7-17/h1-3,5-8,10-13,15-16H,4,9,14H2,(H,25,29)(H,26,27,28). The normalized spacial score (nSPS) is 10.6. The lowest BCUT2D eigenvalue weighted by atomic mass is 10.0. The van der Waals surface area contributed by atoms with Crippen molar-refractivity contribution >= 4 is 28.3 Å². The highest BCUT2D eigenvalue weighted by molar-refractivity contribution is 7.14. The number of thiazole rings is 1. The number of hydrogen-bond acceptors (Lipinski definition) is 5. The zero-order chi connectivity index (χ0) is 21.5. The second-order valence-corrected chi connectivity index (χ2v) is 7.72. The Balaban J connectivity index is 1.26. The van der Waals surface area contributed by atoms with Gasteiger partial charge >= 0.3 is 0 Å². The Morgan fingerprint density at radius 3 is 2.39 bits per heavy atom. The van der Waals surface area contributed by atoms with Crippen molar-refractivity contribution in [2.75, 3.05) is 11.9 Å². The third-order valence-electron chi connectivity index (χ3n) is 4.65. The summed E-state index contributed by atoms with van der Waals surface area (Å²) in [5.74, 6) is -0.155. The van der Waals surface area contributed by atoms with Gasteiger partial charge in [-0.2, -0.15) is 0 Å². The van der Waals surface area contributed by atoms with Crippen LogP contribution < -0.4 is 10.6 Å². The van der Waals surface area contributed by atoms with E-state index in [1.54, 1.807) is 12.1 Å². The molecule has 0 aliphatic carbocycles. The summed E-state index contributed by atoms with van der Waals surface area (Å²) in [5.41, 5.74) is 4.13. The minimum atomic E-state index is -0.284. The molecule has 6 nitrogen and oxygen atoms in total. The zero-order valence-corrected chi connectivity index (χ0v) is 17.5. The maximum Gasteiger partial charge on any atom is 0.286 e. The Labute approximate surface area is 184 Å². The van der Waals surface area contributed by atoms with Crippen LogP contribution in [0.2, 0.25) is 0 Å². The van der Waals surface area contributed by atoms with E-state index >= 15 is 0 Å². The van der Waals surface area contributed by atoms with Gasteiger partial charge in [-0.1, -0.05) is 54.6 Å². The number of anilines is 1. The molecule has 0 aliphatic rings. The predicted molar refractivity (Wildman–Crippen MR) is 122 cm³/mol. The van der Waals surface area contributed by atoms with Gasteiger partial charge in [0, 0.05) is 23.9 Å². The lowest BCUT2D eigenvalue weighted by Crippen LogP contribution is -2.25. The van der Waals surface area contributed by atoms with Crippen LogP contribution in [0.5, 0.6) is 0 Å². The summed E-state index contributed by atoms with van der Waals surface area (Å²) in [4.78, 5) is 28.4. The molecule has 7 heteroatoms. The smallest absolute Gasteiger partial charge is 0.286 e. The van der Waals surface area contributed by atoms with E-state index in [9.17, 15) is 9.59 Å². The van der Waals surface area contributed by atoms with Crippen molar-refractivity contribution in [3.05, 3.63) is 84.1 Å². The fourth-order valence-corrected chi connectivity index (χ4v) is 3.79. The highest BCUT2D eigenvalue weighted by Crippen LogP contribution is 2.27. The first kappa shape index (κ1) is 20.6. The largest absolute Gasteiger partial charge is 0.459 e. The number of nitrogens with one attached hydrogen (secondary N) is 2. The fraction of sp³-hybridized carbons (Fsp3) is 0.125. The maximum atomic E-state index is 12.2. The highest BCUT2D eigenvalue weighted by atomic mass is 32.1. The Hall–Kier alpha value is -3.71. The number of amides is 2. The predicted octanol–water partition coefficient (Wildman–Crippen LogP) is 5.22. The van der Waals surface area contributed by atoms with Gasteiger partial charge < -0.3 is 15.1 Å². The Bertz CT molecular complexity index is 1140. The third-order valence-corrected chi connectivity index (χ3v) is 5.41. The molecule has 0 unspecified atom stereocenters. The van der Waals surface area contributed by atoms with Gasteiger partial charge in [0.2, 0.25) is 5.91 Å². The number of nitrogens with zero attached hydrogens (tertiary/aromatic N) is 1. The van der Waals surface area contributed by atoms with Crippen molar-refractivity contribution in [1.29, 1.82) is 0 Å². The average molecular weight is 432 g/mol. The molecule has 31 heavy (non-hydrogen) atoms. The van der Waals surface area contributed by atoms with Gasteiger partial charge in [0.15, 0.2) is 10.9 Å². The van der Waals surface area contributed by atoms with E-state index < -0.39 is 0 Å². The van der Waals surface area contributed by atoms with Gasteiger partial charge in [0.05, 0.1) is 12.0 Å². The van der Waals surface area contributed by atoms with E-state index in [4.69, 9.17) is 4.42 Å². The molecule has 0 saturated heterocycles. The van der Waals surface area contributed by atoms with Gasteiger partial charge in [-0.05, 0) is 29.7 Å². The summed E-state index contributed by atoms with van der Waals surface area (Å²) in [6.45, 7) is 0.393. The zero-order valence-electron chi connectivity index (χ0n) is 16.7. The molecule has 2 aromatic carbocycles. The Morgan fingerprint density at radius 2 is 1.65 bits per heavy atom. The minimum Gasteiger partial charge on any atom is -0.459 e. The fourth-order valence-electron chi connectivity index (χ4n) is 3.06. The van der Waals surface area contributed by atoms with E-state index in [0.717, 1.165) is 16.8 Å². The molecule has 0 atom stereocenters. The molecule has 2 N–H and O–H groups in total. The van der Waals surface area contributed by atoms with Crippen molar-refractivity contribution in [2.45, 2.75) is 12.8 Å². The number of hydrogen-bond donors (Lipinski definition) is 2. The summed E-state index contributed by atoms with van der Waals surface area (Å²) < 4.78 is 5.02. The van der Waals surface area contributed by atoms with Crippen molar-refractivity contribution in [2.24, 2.45) is 0 Å².